The lowest BCUT2D eigenvalue weighted by Crippen LogP contribution is -2.03. The highest BCUT2D eigenvalue weighted by Crippen LogP contribution is 2.18. The molecule has 0 aliphatic rings. The van der Waals surface area contributed by atoms with Gasteiger partial charge in [-0.2, -0.15) is 0 Å². The molecule has 0 N–H and O–H groups in total. The van der Waals surface area contributed by atoms with E-state index in [0.29, 0.717) is 12.1 Å². The van der Waals surface area contributed by atoms with Crippen LogP contribution in [-0.2, 0) is 6.42 Å². The number of thiazole rings is 2. The molecule has 0 saturated carbocycles. The lowest BCUT2D eigenvalue weighted by molar-refractivity contribution is 0.0989. The number of aromatic nitrogens is 2. The maximum atomic E-state index is 11.7. The molecule has 78 valence electrons. The van der Waals surface area contributed by atoms with Crippen molar-refractivity contribution in [2.75, 3.05) is 0 Å². The Morgan fingerprint density at radius 3 is 2.80 bits per heavy atom. The van der Waals surface area contributed by atoms with Gasteiger partial charge in [0.25, 0.3) is 0 Å². The van der Waals surface area contributed by atoms with Crippen molar-refractivity contribution in [2.45, 2.75) is 20.3 Å². The van der Waals surface area contributed by atoms with Crippen LogP contribution in [0.3, 0.4) is 0 Å². The molecule has 5 heteroatoms. The van der Waals surface area contributed by atoms with Crippen molar-refractivity contribution in [1.82, 2.24) is 9.97 Å². The molecule has 0 unspecified atom stereocenters. The fraction of sp³-hybridized carbons (Fsp3) is 0.300. The number of carbonyl (C=O) groups is 1. The van der Waals surface area contributed by atoms with Crippen LogP contribution in [0.1, 0.15) is 26.1 Å². The van der Waals surface area contributed by atoms with Crippen LogP contribution < -0.4 is 0 Å². The first-order valence-electron chi connectivity index (χ1n) is 4.51. The summed E-state index contributed by atoms with van der Waals surface area (Å²) in [4.78, 5) is 21.2. The minimum Gasteiger partial charge on any atom is -0.292 e. The van der Waals surface area contributed by atoms with Crippen LogP contribution in [0.2, 0.25) is 0 Å². The van der Waals surface area contributed by atoms with Gasteiger partial charge in [-0.3, -0.25) is 4.79 Å². The normalized spacial score (nSPS) is 10.5. The van der Waals surface area contributed by atoms with Crippen LogP contribution >= 0.6 is 22.7 Å². The predicted molar refractivity (Wildman–Crippen MR) is 61.7 cm³/mol. The van der Waals surface area contributed by atoms with Gasteiger partial charge in [0, 0.05) is 10.3 Å². The molecule has 0 fully saturated rings. The van der Waals surface area contributed by atoms with E-state index in [4.69, 9.17) is 0 Å². The summed E-state index contributed by atoms with van der Waals surface area (Å²) in [5.74, 6) is 0.0463. The number of nitrogens with zero attached hydrogens (tertiary/aromatic N) is 2. The summed E-state index contributed by atoms with van der Waals surface area (Å²) in [5, 5.41) is 2.65. The topological polar surface area (TPSA) is 42.9 Å². The molecule has 0 aromatic carbocycles. The number of hydrogen-bond acceptors (Lipinski definition) is 5. The first kappa shape index (κ1) is 10.4. The van der Waals surface area contributed by atoms with Gasteiger partial charge in [-0.15, -0.1) is 22.7 Å². The Hall–Kier alpha value is -1.07. The van der Waals surface area contributed by atoms with Crippen molar-refractivity contribution in [3.63, 3.8) is 0 Å². The fourth-order valence-electron chi connectivity index (χ4n) is 1.19. The van der Waals surface area contributed by atoms with E-state index >= 15 is 0 Å². The van der Waals surface area contributed by atoms with Crippen LogP contribution in [0, 0.1) is 13.8 Å². The molecule has 0 saturated heterocycles. The van der Waals surface area contributed by atoms with Gasteiger partial charge in [-0.1, -0.05) is 0 Å². The Bertz CT molecular complexity index is 454. The summed E-state index contributed by atoms with van der Waals surface area (Å²) in [6.07, 6.45) is 0.364. The van der Waals surface area contributed by atoms with E-state index in [1.165, 1.54) is 16.2 Å². The number of rotatable bonds is 3. The fourth-order valence-corrected chi connectivity index (χ4v) is 2.68. The van der Waals surface area contributed by atoms with Crippen molar-refractivity contribution < 1.29 is 4.79 Å². The van der Waals surface area contributed by atoms with Crippen molar-refractivity contribution in [3.05, 3.63) is 32.2 Å². The van der Waals surface area contributed by atoms with Crippen LogP contribution in [0.5, 0.6) is 0 Å². The van der Waals surface area contributed by atoms with Gasteiger partial charge < -0.3 is 0 Å². The monoisotopic (exact) mass is 238 g/mol. The average molecular weight is 238 g/mol. The maximum Gasteiger partial charge on any atom is 0.188 e. The molecule has 0 aliphatic carbocycles. The van der Waals surface area contributed by atoms with Crippen LogP contribution in [0.25, 0.3) is 0 Å². The van der Waals surface area contributed by atoms with Gasteiger partial charge in [0.15, 0.2) is 5.78 Å². The van der Waals surface area contributed by atoms with Crippen LogP contribution in [0.4, 0.5) is 0 Å². The smallest absolute Gasteiger partial charge is 0.188 e. The maximum absolute atomic E-state index is 11.7. The number of hydrogen-bond donors (Lipinski definition) is 0. The highest BCUT2D eigenvalue weighted by molar-refractivity contribution is 7.11. The van der Waals surface area contributed by atoms with Gasteiger partial charge in [-0.05, 0) is 13.8 Å². The quantitative estimate of drug-likeness (QED) is 0.772. The Morgan fingerprint density at radius 1 is 1.47 bits per heavy atom. The lowest BCUT2D eigenvalue weighted by Gasteiger charge is -1.92. The molecule has 0 amide bonds. The second kappa shape index (κ2) is 4.20. The SMILES string of the molecule is Cc1nc(CC(=O)c2cscn2)sc1C. The molecule has 0 atom stereocenters. The van der Waals surface area contributed by atoms with Crippen LogP contribution in [0.15, 0.2) is 10.9 Å². The molecule has 0 radical (unpaired) electrons. The molecular formula is C10H10N2OS2. The third kappa shape index (κ3) is 2.30. The third-order valence-electron chi connectivity index (χ3n) is 2.10. The van der Waals surface area contributed by atoms with Gasteiger partial charge in [0.05, 0.1) is 17.6 Å². The van der Waals surface area contributed by atoms with E-state index in [0.717, 1.165) is 10.7 Å². The van der Waals surface area contributed by atoms with Gasteiger partial charge >= 0.3 is 0 Å². The van der Waals surface area contributed by atoms with Crippen molar-refractivity contribution in [3.8, 4) is 0 Å². The predicted octanol–water partition coefficient (Wildman–Crippen LogP) is 2.64. The first-order chi connectivity index (χ1) is 7.16. The summed E-state index contributed by atoms with van der Waals surface area (Å²) in [7, 11) is 0. The zero-order valence-electron chi connectivity index (χ0n) is 8.48. The first-order valence-corrected chi connectivity index (χ1v) is 6.27. The third-order valence-corrected chi connectivity index (χ3v) is 3.76. The van der Waals surface area contributed by atoms with E-state index in [-0.39, 0.29) is 5.78 Å². The summed E-state index contributed by atoms with van der Waals surface area (Å²) in [6, 6.07) is 0. The number of aryl methyl sites for hydroxylation is 2. The standard InChI is InChI=1S/C10H10N2OS2/c1-6-7(2)15-10(12-6)3-9(13)8-4-14-5-11-8/h4-5H,3H2,1-2H3. The highest BCUT2D eigenvalue weighted by atomic mass is 32.1. The Labute approximate surface area is 95.8 Å². The minimum absolute atomic E-state index is 0.0463. The molecule has 2 rings (SSSR count). The minimum atomic E-state index is 0.0463. The van der Waals surface area contributed by atoms with Crippen LogP contribution in [-0.4, -0.2) is 15.8 Å². The highest BCUT2D eigenvalue weighted by Gasteiger charge is 2.12. The van der Waals surface area contributed by atoms with Crippen molar-refractivity contribution >= 4 is 28.5 Å². The summed E-state index contributed by atoms with van der Waals surface area (Å²) >= 11 is 3.02. The van der Waals surface area contributed by atoms with Crippen molar-refractivity contribution in [2.24, 2.45) is 0 Å². The van der Waals surface area contributed by atoms with E-state index in [9.17, 15) is 4.79 Å². The van der Waals surface area contributed by atoms with Crippen molar-refractivity contribution in [1.29, 1.82) is 0 Å². The Morgan fingerprint density at radius 2 is 2.27 bits per heavy atom. The van der Waals surface area contributed by atoms with E-state index in [1.54, 1.807) is 22.2 Å². The van der Waals surface area contributed by atoms with E-state index in [2.05, 4.69) is 9.97 Å². The van der Waals surface area contributed by atoms with E-state index < -0.39 is 0 Å². The van der Waals surface area contributed by atoms with Gasteiger partial charge in [0.1, 0.15) is 10.7 Å². The Balaban J connectivity index is 2.13. The van der Waals surface area contributed by atoms with Gasteiger partial charge in [-0.25, -0.2) is 9.97 Å². The van der Waals surface area contributed by atoms with E-state index in [1.807, 2.05) is 13.8 Å². The van der Waals surface area contributed by atoms with Gasteiger partial charge in [0.2, 0.25) is 0 Å². The number of Topliss-reactive ketones (excluding diaryl/α,β-unsaturated/α-hetero) is 1. The summed E-state index contributed by atoms with van der Waals surface area (Å²) in [6.45, 7) is 3.98. The molecule has 0 aliphatic heterocycles. The largest absolute Gasteiger partial charge is 0.292 e. The second-order valence-corrected chi connectivity index (χ2v) is 5.23. The second-order valence-electron chi connectivity index (χ2n) is 3.22. The summed E-state index contributed by atoms with van der Waals surface area (Å²) < 4.78 is 0. The summed E-state index contributed by atoms with van der Waals surface area (Å²) in [5.41, 5.74) is 3.23. The molecule has 0 bridgehead atoms. The lowest BCUT2D eigenvalue weighted by atomic mass is 10.2. The number of carbonyl (C=O) groups excluding carboxylic acids is 1. The number of ketones is 1. The molecule has 2 aromatic rings. The molecular weight excluding hydrogens is 228 g/mol. The molecule has 0 spiro atoms. The molecule has 15 heavy (non-hydrogen) atoms. The molecule has 3 nitrogen and oxygen atoms in total. The average Bonchev–Trinajstić information content (AvgIpc) is 2.77. The zero-order valence-corrected chi connectivity index (χ0v) is 10.1. The molecule has 2 heterocycles. The Kier molecular flexibility index (Phi) is 2.93. The molecule has 2 aromatic heterocycles. The zero-order chi connectivity index (χ0) is 10.8.